The van der Waals surface area contributed by atoms with Crippen molar-refractivity contribution < 1.29 is 9.90 Å². The average molecular weight is 314 g/mol. The largest absolute Gasteiger partial charge is 0.390 e. The fraction of sp³-hybridized carbons (Fsp3) is 0.895. The smallest absolute Gasteiger partial charge is 0.154 e. The average Bonchev–Trinajstić information content (AvgIpc) is 3.14. The Morgan fingerprint density at radius 2 is 1.87 bits per heavy atom. The van der Waals surface area contributed by atoms with Gasteiger partial charge < -0.3 is 10.8 Å². The molecule has 7 atom stereocenters. The van der Waals surface area contributed by atoms with Crippen LogP contribution in [0.25, 0.3) is 0 Å². The lowest BCUT2D eigenvalue weighted by molar-refractivity contribution is -0.174. The lowest BCUT2D eigenvalue weighted by atomic mass is 9.45. The molecule has 0 aromatic rings. The highest BCUT2D eigenvalue weighted by molar-refractivity contribution is 5.88. The topological polar surface area (TPSA) is 87.1 Å². The van der Waals surface area contributed by atoms with Gasteiger partial charge in [-0.3, -0.25) is 4.79 Å². The Morgan fingerprint density at radius 3 is 2.48 bits per heavy atom. The third kappa shape index (κ3) is 1.93. The molecule has 6 saturated carbocycles. The minimum atomic E-state index is -0.575. The summed E-state index contributed by atoms with van der Waals surface area (Å²) in [5.41, 5.74) is 5.82. The van der Waals surface area contributed by atoms with Crippen molar-refractivity contribution in [2.24, 2.45) is 46.7 Å². The zero-order valence-corrected chi connectivity index (χ0v) is 13.6. The first-order valence-corrected chi connectivity index (χ1v) is 9.34. The zero-order chi connectivity index (χ0) is 16.0. The molecular weight excluding hydrogens is 288 g/mol. The molecule has 6 aliphatic rings. The van der Waals surface area contributed by atoms with Crippen LogP contribution in [0.5, 0.6) is 0 Å². The van der Waals surface area contributed by atoms with E-state index in [9.17, 15) is 15.2 Å². The van der Waals surface area contributed by atoms with E-state index in [1.807, 2.05) is 0 Å². The molecule has 3 N–H and O–H groups in total. The van der Waals surface area contributed by atoms with Gasteiger partial charge in [0.1, 0.15) is 0 Å². The van der Waals surface area contributed by atoms with Gasteiger partial charge in [0.15, 0.2) is 5.78 Å². The summed E-state index contributed by atoms with van der Waals surface area (Å²) in [4.78, 5) is 13.2. The summed E-state index contributed by atoms with van der Waals surface area (Å²) < 4.78 is 0. The Labute approximate surface area is 137 Å². The summed E-state index contributed by atoms with van der Waals surface area (Å²) in [6, 6.07) is 1.89. The summed E-state index contributed by atoms with van der Waals surface area (Å²) >= 11 is 0. The van der Waals surface area contributed by atoms with Crippen LogP contribution in [0.15, 0.2) is 0 Å². The molecule has 23 heavy (non-hydrogen) atoms. The highest BCUT2D eigenvalue weighted by Gasteiger charge is 2.63. The highest BCUT2D eigenvalue weighted by Crippen LogP contribution is 2.64. The molecule has 0 radical (unpaired) electrons. The standard InChI is InChI=1S/C19H26N2O2/c20-8-13-2-12-3-14(12)15(13)16(22)17(21)18-4-10-1-11(5-18)7-19(23,6-10)9-18/h10-15,17,23H,1-7,9,21H2/t10?,11?,12-,13+,14+,15?,17-,18?,19?/m1/s1. The second kappa shape index (κ2) is 4.37. The first-order valence-electron chi connectivity index (χ1n) is 9.34. The van der Waals surface area contributed by atoms with Gasteiger partial charge in [0.2, 0.25) is 0 Å². The number of aliphatic hydroxyl groups is 1. The maximum Gasteiger partial charge on any atom is 0.154 e. The molecule has 6 fully saturated rings. The van der Waals surface area contributed by atoms with Crippen molar-refractivity contribution in [3.05, 3.63) is 0 Å². The molecule has 0 heterocycles. The van der Waals surface area contributed by atoms with Gasteiger partial charge in [-0.25, -0.2) is 0 Å². The number of nitrogens with two attached hydrogens (primary N) is 1. The van der Waals surface area contributed by atoms with Gasteiger partial charge in [0.05, 0.1) is 23.6 Å². The van der Waals surface area contributed by atoms with Crippen molar-refractivity contribution in [1.82, 2.24) is 0 Å². The second-order valence-electron chi connectivity index (χ2n) is 9.58. The molecule has 4 nitrogen and oxygen atoms in total. The van der Waals surface area contributed by atoms with Crippen molar-refractivity contribution >= 4 is 5.78 Å². The predicted molar refractivity (Wildman–Crippen MR) is 83.9 cm³/mol. The number of hydrogen-bond donors (Lipinski definition) is 2. The summed E-state index contributed by atoms with van der Waals surface area (Å²) in [5, 5.41) is 20.3. The molecule has 6 aliphatic carbocycles. The van der Waals surface area contributed by atoms with E-state index in [0.717, 1.165) is 38.5 Å². The molecule has 6 rings (SSSR count). The SMILES string of the molecule is N#C[C@@H]1C[C@@H]2C[C@@H]2C1C(=O)[C@@H](N)C12CC3CC(CC(O)(C3)C1)C2. The molecule has 0 spiro atoms. The number of fused-ring (bicyclic) bond motifs is 1. The van der Waals surface area contributed by atoms with Gasteiger partial charge in [-0.15, -0.1) is 0 Å². The minimum absolute atomic E-state index is 0.116. The van der Waals surface area contributed by atoms with Crippen molar-refractivity contribution in [3.63, 3.8) is 0 Å². The quantitative estimate of drug-likeness (QED) is 0.834. The minimum Gasteiger partial charge on any atom is -0.390 e. The van der Waals surface area contributed by atoms with Crippen molar-refractivity contribution in [2.45, 2.75) is 63.0 Å². The number of nitrogens with zero attached hydrogens (tertiary/aromatic N) is 1. The highest BCUT2D eigenvalue weighted by atomic mass is 16.3. The van der Waals surface area contributed by atoms with Gasteiger partial charge in [-0.2, -0.15) is 5.26 Å². The van der Waals surface area contributed by atoms with Crippen LogP contribution >= 0.6 is 0 Å². The number of nitriles is 1. The van der Waals surface area contributed by atoms with Crippen LogP contribution < -0.4 is 5.73 Å². The first-order chi connectivity index (χ1) is 10.9. The number of hydrogen-bond acceptors (Lipinski definition) is 4. The maximum absolute atomic E-state index is 13.2. The molecule has 0 amide bonds. The Hall–Kier alpha value is -0.920. The Bertz CT molecular complexity index is 595. The van der Waals surface area contributed by atoms with E-state index in [-0.39, 0.29) is 23.0 Å². The fourth-order valence-electron chi connectivity index (χ4n) is 7.45. The van der Waals surface area contributed by atoms with Crippen LogP contribution in [0, 0.1) is 52.3 Å². The molecule has 0 aromatic carbocycles. The lowest BCUT2D eigenvalue weighted by Gasteiger charge is -2.61. The summed E-state index contributed by atoms with van der Waals surface area (Å²) in [5.74, 6) is 2.02. The molecule has 124 valence electrons. The zero-order valence-electron chi connectivity index (χ0n) is 13.6. The number of rotatable bonds is 3. The van der Waals surface area contributed by atoms with E-state index in [2.05, 4.69) is 6.07 Å². The summed E-state index contributed by atoms with van der Waals surface area (Å²) in [7, 11) is 0. The number of Topliss-reactive ketones (excluding diaryl/α,β-unsaturated/α-hetero) is 1. The molecule has 0 aliphatic heterocycles. The Morgan fingerprint density at radius 1 is 1.17 bits per heavy atom. The third-order valence-electron chi connectivity index (χ3n) is 7.96. The molecule has 0 saturated heterocycles. The van der Waals surface area contributed by atoms with Gasteiger partial charge in [0, 0.05) is 5.92 Å². The van der Waals surface area contributed by atoms with E-state index in [4.69, 9.17) is 5.73 Å². The Kier molecular flexibility index (Phi) is 2.74. The molecule has 3 unspecified atom stereocenters. The maximum atomic E-state index is 13.2. The monoisotopic (exact) mass is 314 g/mol. The molecular formula is C19H26N2O2. The van der Waals surface area contributed by atoms with Crippen LogP contribution in [0.4, 0.5) is 0 Å². The van der Waals surface area contributed by atoms with Crippen LogP contribution in [-0.2, 0) is 4.79 Å². The molecule has 0 aromatic heterocycles. The predicted octanol–water partition coefficient (Wildman–Crippen LogP) is 2.01. The normalized spacial score (nSPS) is 56.9. The van der Waals surface area contributed by atoms with Gasteiger partial charge in [0.25, 0.3) is 0 Å². The number of carbonyl (C=O) groups is 1. The van der Waals surface area contributed by atoms with Crippen molar-refractivity contribution in [2.75, 3.05) is 0 Å². The van der Waals surface area contributed by atoms with Gasteiger partial charge in [-0.05, 0) is 80.5 Å². The molecule has 4 heteroatoms. The van der Waals surface area contributed by atoms with Gasteiger partial charge >= 0.3 is 0 Å². The van der Waals surface area contributed by atoms with Crippen molar-refractivity contribution in [1.29, 1.82) is 5.26 Å². The van der Waals surface area contributed by atoms with Gasteiger partial charge in [-0.1, -0.05) is 0 Å². The van der Waals surface area contributed by atoms with Crippen LogP contribution in [0.2, 0.25) is 0 Å². The van der Waals surface area contributed by atoms with Crippen LogP contribution in [0.1, 0.15) is 51.4 Å². The molecule has 4 bridgehead atoms. The van der Waals surface area contributed by atoms with Crippen molar-refractivity contribution in [3.8, 4) is 6.07 Å². The summed E-state index contributed by atoms with van der Waals surface area (Å²) in [6.45, 7) is 0. The lowest BCUT2D eigenvalue weighted by Crippen LogP contribution is -2.63. The van der Waals surface area contributed by atoms with E-state index >= 15 is 0 Å². The van der Waals surface area contributed by atoms with Crippen LogP contribution in [-0.4, -0.2) is 22.5 Å². The number of ketones is 1. The van der Waals surface area contributed by atoms with E-state index in [1.165, 1.54) is 6.42 Å². The second-order valence-corrected chi connectivity index (χ2v) is 9.58. The fourth-order valence-corrected chi connectivity index (χ4v) is 7.45. The van der Waals surface area contributed by atoms with E-state index < -0.39 is 11.6 Å². The van der Waals surface area contributed by atoms with E-state index in [0.29, 0.717) is 30.1 Å². The van der Waals surface area contributed by atoms with E-state index in [1.54, 1.807) is 0 Å². The first kappa shape index (κ1) is 14.4. The number of carbonyl (C=O) groups excluding carboxylic acids is 1. The summed E-state index contributed by atoms with van der Waals surface area (Å²) in [6.07, 6.45) is 7.75. The third-order valence-corrected chi connectivity index (χ3v) is 7.96. The van der Waals surface area contributed by atoms with Crippen LogP contribution in [0.3, 0.4) is 0 Å². The Balaban J connectivity index is 1.43.